The fraction of sp³-hybridized carbons (Fsp3) is 0.556. The monoisotopic (exact) mass is 386 g/mol. The fourth-order valence-corrected chi connectivity index (χ4v) is 3.49. The molecule has 0 radical (unpaired) electrons. The largest absolute Gasteiger partial charge is 0.338 e. The van der Waals surface area contributed by atoms with Crippen molar-refractivity contribution in [2.45, 2.75) is 45.7 Å². The van der Waals surface area contributed by atoms with E-state index in [9.17, 15) is 4.79 Å². The lowest BCUT2D eigenvalue weighted by Crippen LogP contribution is -2.47. The molecule has 0 spiro atoms. The summed E-state index contributed by atoms with van der Waals surface area (Å²) < 4.78 is 2.04. The molecule has 0 aliphatic carbocycles. The van der Waals surface area contributed by atoms with E-state index in [2.05, 4.69) is 22.1 Å². The predicted molar refractivity (Wildman–Crippen MR) is 107 cm³/mol. The highest BCUT2D eigenvalue weighted by molar-refractivity contribution is 5.85. The van der Waals surface area contributed by atoms with Crippen LogP contribution in [0, 0.1) is 6.92 Å². The van der Waals surface area contributed by atoms with E-state index in [4.69, 9.17) is 0 Å². The van der Waals surface area contributed by atoms with Crippen molar-refractivity contribution in [1.29, 1.82) is 0 Å². The molecule has 25 heavy (non-hydrogen) atoms. The fourth-order valence-electron chi connectivity index (χ4n) is 3.49. The zero-order valence-corrected chi connectivity index (χ0v) is 16.5. The molecule has 7 heteroatoms. The van der Waals surface area contributed by atoms with Crippen LogP contribution in [0.4, 0.5) is 0 Å². The molecule has 140 valence electrons. The van der Waals surface area contributed by atoms with Gasteiger partial charge in [0.05, 0.1) is 11.0 Å². The highest BCUT2D eigenvalue weighted by Gasteiger charge is 2.25. The van der Waals surface area contributed by atoms with Crippen LogP contribution >= 0.6 is 24.8 Å². The van der Waals surface area contributed by atoms with Crippen LogP contribution in [0.1, 0.15) is 32.0 Å². The summed E-state index contributed by atoms with van der Waals surface area (Å²) >= 11 is 0. The summed E-state index contributed by atoms with van der Waals surface area (Å²) in [4.78, 5) is 19.6. The van der Waals surface area contributed by atoms with Crippen LogP contribution in [0.15, 0.2) is 24.3 Å². The van der Waals surface area contributed by atoms with Gasteiger partial charge in [0.25, 0.3) is 0 Å². The van der Waals surface area contributed by atoms with E-state index >= 15 is 0 Å². The smallest absolute Gasteiger partial charge is 0.242 e. The molecule has 0 unspecified atom stereocenters. The van der Waals surface area contributed by atoms with E-state index in [0.29, 0.717) is 12.6 Å². The lowest BCUT2D eigenvalue weighted by Gasteiger charge is -2.34. The summed E-state index contributed by atoms with van der Waals surface area (Å²) in [5.74, 6) is 1.12. The molecule has 1 N–H and O–H groups in total. The van der Waals surface area contributed by atoms with Gasteiger partial charge < -0.3 is 14.8 Å². The minimum absolute atomic E-state index is 0. The van der Waals surface area contributed by atoms with Gasteiger partial charge in [0.15, 0.2) is 0 Å². The van der Waals surface area contributed by atoms with Crippen molar-refractivity contribution in [3.8, 4) is 0 Å². The number of piperidine rings is 1. The average Bonchev–Trinajstić information content (AvgIpc) is 2.89. The van der Waals surface area contributed by atoms with Crippen molar-refractivity contribution in [3.05, 3.63) is 30.1 Å². The van der Waals surface area contributed by atoms with Crippen LogP contribution in [0.5, 0.6) is 0 Å². The molecule has 5 nitrogen and oxygen atoms in total. The number of nitrogens with zero attached hydrogens (tertiary/aromatic N) is 3. The van der Waals surface area contributed by atoms with E-state index < -0.39 is 0 Å². The van der Waals surface area contributed by atoms with Crippen molar-refractivity contribution in [1.82, 2.24) is 19.8 Å². The summed E-state index contributed by atoms with van der Waals surface area (Å²) in [6, 6.07) is 8.40. The average molecular weight is 387 g/mol. The van der Waals surface area contributed by atoms with Crippen molar-refractivity contribution in [2.75, 3.05) is 19.6 Å². The molecule has 1 fully saturated rings. The molecule has 1 aromatic carbocycles. The summed E-state index contributed by atoms with van der Waals surface area (Å²) in [7, 11) is 0. The van der Waals surface area contributed by atoms with E-state index in [1.807, 2.05) is 35.8 Å². The SMILES string of the molecule is CCCN(C(=O)Cn1c(C)nc2ccccc21)C1CCNCC1.Cl.Cl. The Morgan fingerprint density at radius 3 is 2.64 bits per heavy atom. The Morgan fingerprint density at radius 2 is 1.96 bits per heavy atom. The third kappa shape index (κ3) is 4.87. The van der Waals surface area contributed by atoms with Crippen LogP contribution in [-0.2, 0) is 11.3 Å². The van der Waals surface area contributed by atoms with Crippen molar-refractivity contribution < 1.29 is 4.79 Å². The summed E-state index contributed by atoms with van der Waals surface area (Å²) in [5.41, 5.74) is 2.00. The molecule has 0 saturated carbocycles. The number of hydrogen-bond donors (Lipinski definition) is 1. The Kier molecular flexibility index (Phi) is 8.69. The van der Waals surface area contributed by atoms with E-state index in [1.54, 1.807) is 0 Å². The first-order chi connectivity index (χ1) is 11.2. The van der Waals surface area contributed by atoms with E-state index in [-0.39, 0.29) is 30.7 Å². The molecule has 0 bridgehead atoms. The maximum Gasteiger partial charge on any atom is 0.242 e. The van der Waals surface area contributed by atoms with Gasteiger partial charge in [-0.15, -0.1) is 24.8 Å². The third-order valence-corrected chi connectivity index (χ3v) is 4.67. The maximum absolute atomic E-state index is 13.0. The second-order valence-electron chi connectivity index (χ2n) is 6.30. The Morgan fingerprint density at radius 1 is 1.28 bits per heavy atom. The molecule has 2 aromatic rings. The molecule has 3 rings (SSSR count). The van der Waals surface area contributed by atoms with Gasteiger partial charge in [0, 0.05) is 12.6 Å². The lowest BCUT2D eigenvalue weighted by molar-refractivity contribution is -0.134. The number of imidazole rings is 1. The number of carbonyl (C=O) groups is 1. The number of benzene rings is 1. The van der Waals surface area contributed by atoms with Gasteiger partial charge in [0.1, 0.15) is 12.4 Å². The van der Waals surface area contributed by atoms with Gasteiger partial charge in [-0.25, -0.2) is 4.98 Å². The van der Waals surface area contributed by atoms with Gasteiger partial charge in [0.2, 0.25) is 5.91 Å². The molecular weight excluding hydrogens is 359 g/mol. The minimum atomic E-state index is 0. The molecule has 1 aromatic heterocycles. The van der Waals surface area contributed by atoms with Crippen LogP contribution in [0.2, 0.25) is 0 Å². The number of aryl methyl sites for hydroxylation is 1. The maximum atomic E-state index is 13.0. The van der Waals surface area contributed by atoms with Gasteiger partial charge in [-0.1, -0.05) is 19.1 Å². The topological polar surface area (TPSA) is 50.2 Å². The Bertz CT molecular complexity index is 683. The Balaban J connectivity index is 0.00000156. The molecule has 1 amide bonds. The zero-order valence-electron chi connectivity index (χ0n) is 14.9. The molecule has 1 aliphatic rings. The lowest BCUT2D eigenvalue weighted by atomic mass is 10.0. The molecule has 1 aliphatic heterocycles. The number of fused-ring (bicyclic) bond motifs is 1. The van der Waals surface area contributed by atoms with Gasteiger partial charge in [-0.2, -0.15) is 0 Å². The second-order valence-corrected chi connectivity index (χ2v) is 6.30. The highest BCUT2D eigenvalue weighted by Crippen LogP contribution is 2.18. The van der Waals surface area contributed by atoms with Crippen LogP contribution in [0.3, 0.4) is 0 Å². The number of carbonyl (C=O) groups excluding carboxylic acids is 1. The summed E-state index contributed by atoms with van der Waals surface area (Å²) in [6.07, 6.45) is 3.10. The number of para-hydroxylation sites is 2. The predicted octanol–water partition coefficient (Wildman–Crippen LogP) is 3.18. The van der Waals surface area contributed by atoms with Crippen LogP contribution in [-0.4, -0.2) is 46.0 Å². The first kappa shape index (κ1) is 21.7. The second kappa shape index (κ2) is 10.00. The molecular formula is C18H28Cl2N4O. The third-order valence-electron chi connectivity index (χ3n) is 4.67. The van der Waals surface area contributed by atoms with Gasteiger partial charge in [-0.3, -0.25) is 4.79 Å². The van der Waals surface area contributed by atoms with Gasteiger partial charge in [-0.05, 0) is 51.4 Å². The first-order valence-electron chi connectivity index (χ1n) is 8.62. The van der Waals surface area contributed by atoms with Crippen molar-refractivity contribution in [2.24, 2.45) is 0 Å². The van der Waals surface area contributed by atoms with Crippen LogP contribution in [0.25, 0.3) is 11.0 Å². The molecule has 1 saturated heterocycles. The number of halogens is 2. The quantitative estimate of drug-likeness (QED) is 0.858. The Hall–Kier alpha value is -1.30. The number of amides is 1. The van der Waals surface area contributed by atoms with E-state index in [0.717, 1.165) is 55.8 Å². The number of aromatic nitrogens is 2. The molecule has 2 heterocycles. The standard InChI is InChI=1S/C18H26N4O.2ClH/c1-3-12-21(15-8-10-19-11-9-15)18(23)13-22-14(2)20-16-6-4-5-7-17(16)22;;/h4-7,15,19H,3,8-13H2,1-2H3;2*1H. The normalized spacial score (nSPS) is 14.6. The van der Waals surface area contributed by atoms with Crippen molar-refractivity contribution >= 4 is 41.8 Å². The zero-order chi connectivity index (χ0) is 16.2. The number of hydrogen-bond acceptors (Lipinski definition) is 3. The van der Waals surface area contributed by atoms with E-state index in [1.165, 1.54) is 0 Å². The molecule has 0 atom stereocenters. The number of nitrogens with one attached hydrogen (secondary N) is 1. The summed E-state index contributed by atoms with van der Waals surface area (Å²) in [5, 5.41) is 3.38. The van der Waals surface area contributed by atoms with Gasteiger partial charge >= 0.3 is 0 Å². The summed E-state index contributed by atoms with van der Waals surface area (Å²) in [6.45, 7) is 7.35. The highest BCUT2D eigenvalue weighted by atomic mass is 35.5. The first-order valence-corrected chi connectivity index (χ1v) is 8.62. The number of rotatable bonds is 5. The van der Waals surface area contributed by atoms with Crippen LogP contribution < -0.4 is 5.32 Å². The minimum Gasteiger partial charge on any atom is -0.338 e. The Labute approximate surface area is 162 Å². The van der Waals surface area contributed by atoms with Crippen molar-refractivity contribution in [3.63, 3.8) is 0 Å².